The molecule has 3 N–H and O–H groups in total. The number of nitrogens with one attached hydrogen (secondary N) is 1. The van der Waals surface area contributed by atoms with Gasteiger partial charge in [-0.3, -0.25) is 19.4 Å². The van der Waals surface area contributed by atoms with Crippen LogP contribution in [0.3, 0.4) is 0 Å². The van der Waals surface area contributed by atoms with Crippen LogP contribution in [0.4, 0.5) is 14.9 Å². The molecule has 0 unspecified atom stereocenters. The van der Waals surface area contributed by atoms with Crippen molar-refractivity contribution in [3.63, 3.8) is 0 Å². The van der Waals surface area contributed by atoms with E-state index in [9.17, 15) is 19.8 Å². The molecular formula is C41H57FN4O9. The van der Waals surface area contributed by atoms with Crippen LogP contribution in [0.1, 0.15) is 131 Å². The van der Waals surface area contributed by atoms with Crippen molar-refractivity contribution in [3.8, 4) is 11.6 Å². The number of ether oxygens (including phenoxy) is 3. The van der Waals surface area contributed by atoms with E-state index in [4.69, 9.17) is 18.7 Å². The third-order valence-electron chi connectivity index (χ3n) is 11.1. The number of aromatic nitrogens is 1. The van der Waals surface area contributed by atoms with E-state index < -0.39 is 58.3 Å². The summed E-state index contributed by atoms with van der Waals surface area (Å²) in [6.45, 7) is 14.0. The summed E-state index contributed by atoms with van der Waals surface area (Å²) in [5.74, 6) is -4.45. The van der Waals surface area contributed by atoms with Gasteiger partial charge in [-0.05, 0) is 84.0 Å². The van der Waals surface area contributed by atoms with Crippen molar-refractivity contribution in [3.05, 3.63) is 45.2 Å². The molecule has 3 aliphatic carbocycles. The molecule has 1 amide bonds. The zero-order chi connectivity index (χ0) is 40.1. The fourth-order valence-electron chi connectivity index (χ4n) is 8.70. The van der Waals surface area contributed by atoms with Crippen LogP contribution < -0.4 is 19.7 Å². The quantitative estimate of drug-likeness (QED) is 0.204. The lowest BCUT2D eigenvalue weighted by Gasteiger charge is -2.49. The molecule has 0 spiro atoms. The molecule has 13 nitrogen and oxygen atoms in total. The first-order valence-corrected chi connectivity index (χ1v) is 19.7. The molecule has 302 valence electrons. The normalized spacial score (nSPS) is 24.9. The zero-order valence-corrected chi connectivity index (χ0v) is 33.6. The molecule has 14 heteroatoms. The molecule has 0 fully saturated rings. The van der Waals surface area contributed by atoms with Crippen molar-refractivity contribution in [2.24, 2.45) is 17.8 Å². The van der Waals surface area contributed by atoms with Crippen molar-refractivity contribution in [2.45, 2.75) is 123 Å². The molecule has 0 radical (unpaired) electrons. The molecular weight excluding hydrogens is 711 g/mol. The summed E-state index contributed by atoms with van der Waals surface area (Å²) in [5, 5.41) is 32.2. The molecule has 0 saturated carbocycles. The Kier molecular flexibility index (Phi) is 11.5. The van der Waals surface area contributed by atoms with Gasteiger partial charge in [-0.1, -0.05) is 40.5 Å². The summed E-state index contributed by atoms with van der Waals surface area (Å²) < 4.78 is 41.1. The predicted octanol–water partition coefficient (Wildman–Crippen LogP) is 6.85. The first-order valence-electron chi connectivity index (χ1n) is 19.7. The van der Waals surface area contributed by atoms with E-state index in [2.05, 4.69) is 24.3 Å². The van der Waals surface area contributed by atoms with Crippen LogP contribution in [0.5, 0.6) is 11.6 Å². The summed E-state index contributed by atoms with van der Waals surface area (Å²) in [4.78, 5) is 46.7. The van der Waals surface area contributed by atoms with Crippen LogP contribution in [0.15, 0.2) is 15.9 Å². The maximum Gasteiger partial charge on any atom is 0.414 e. The highest BCUT2D eigenvalue weighted by Crippen LogP contribution is 2.57. The van der Waals surface area contributed by atoms with Gasteiger partial charge in [0.15, 0.2) is 22.9 Å². The van der Waals surface area contributed by atoms with Crippen LogP contribution >= 0.6 is 0 Å². The van der Waals surface area contributed by atoms with E-state index in [0.717, 1.165) is 12.8 Å². The average molecular weight is 769 g/mol. The van der Waals surface area contributed by atoms with Crippen molar-refractivity contribution < 1.29 is 47.7 Å². The van der Waals surface area contributed by atoms with Gasteiger partial charge in [0.05, 0.1) is 30.5 Å². The molecule has 55 heavy (non-hydrogen) atoms. The van der Waals surface area contributed by atoms with Gasteiger partial charge in [-0.15, -0.1) is 0 Å². The number of fused-ring (bicyclic) bond motifs is 5. The molecule has 5 atom stereocenters. The molecule has 1 aromatic heterocycles. The van der Waals surface area contributed by atoms with E-state index in [0.29, 0.717) is 19.3 Å². The number of hydrogen-bond acceptors (Lipinski definition) is 12. The minimum absolute atomic E-state index is 0.0182. The van der Waals surface area contributed by atoms with Gasteiger partial charge in [0.2, 0.25) is 5.78 Å². The Morgan fingerprint density at radius 2 is 1.78 bits per heavy atom. The Morgan fingerprint density at radius 3 is 2.40 bits per heavy atom. The second-order valence-electron chi connectivity index (χ2n) is 17.1. The van der Waals surface area contributed by atoms with E-state index >= 15 is 9.18 Å². The van der Waals surface area contributed by atoms with Gasteiger partial charge in [-0.25, -0.2) is 9.18 Å². The number of allylic oxidation sites excluding steroid dienone is 1. The number of carbonyl (C=O) groups is 3. The van der Waals surface area contributed by atoms with Crippen LogP contribution in [0, 0.1) is 23.6 Å². The summed E-state index contributed by atoms with van der Waals surface area (Å²) in [6.07, 6.45) is 2.88. The minimum Gasteiger partial charge on any atom is -0.508 e. The van der Waals surface area contributed by atoms with Gasteiger partial charge in [0.1, 0.15) is 22.7 Å². The first-order chi connectivity index (χ1) is 26.0. The number of ketones is 2. The number of rotatable bonds is 11. The second kappa shape index (κ2) is 15.5. The third kappa shape index (κ3) is 7.14. The van der Waals surface area contributed by atoms with Crippen molar-refractivity contribution >= 4 is 23.3 Å². The fraction of sp³-hybridized carbons (Fsp3) is 0.659. The number of aliphatic hydroxyl groups is 2. The number of halogens is 1. The van der Waals surface area contributed by atoms with E-state index in [-0.39, 0.29) is 102 Å². The van der Waals surface area contributed by atoms with Crippen molar-refractivity contribution in [1.29, 1.82) is 0 Å². The third-order valence-corrected chi connectivity index (χ3v) is 11.1. The lowest BCUT2D eigenvalue weighted by atomic mass is 9.58. The number of amides is 1. The summed E-state index contributed by atoms with van der Waals surface area (Å²) in [5.41, 5.74) is -3.44. The number of Topliss-reactive ketones (excluding diaryl/α,β-unsaturated/α-hetero) is 2. The van der Waals surface area contributed by atoms with Gasteiger partial charge in [-0.2, -0.15) is 0 Å². The zero-order valence-electron chi connectivity index (χ0n) is 33.6. The SMILES string of the molecule is CCCCOc1noc2c1C(=O)[C@@]1(O)C(O)=C3C(=O)c4c(c(F)c5c(c4OCCCC)N(C(=O)OC(C)(C)C)C[C@@H](CC(C)C)NC5)C[C@H]3C[C@H]1[C@@H]2N(C)C. The van der Waals surface area contributed by atoms with Crippen molar-refractivity contribution in [1.82, 2.24) is 15.4 Å². The molecule has 1 aliphatic heterocycles. The summed E-state index contributed by atoms with van der Waals surface area (Å²) >= 11 is 0. The first kappa shape index (κ1) is 40.6. The monoisotopic (exact) mass is 768 g/mol. The molecule has 0 bridgehead atoms. The number of anilines is 1. The maximum absolute atomic E-state index is 17.3. The number of unbranched alkanes of at least 4 members (excludes halogenated alkanes) is 2. The van der Waals surface area contributed by atoms with Crippen LogP contribution in [-0.4, -0.2) is 89.0 Å². The lowest BCUT2D eigenvalue weighted by molar-refractivity contribution is -0.0559. The van der Waals surface area contributed by atoms with Crippen LogP contribution in [0.25, 0.3) is 0 Å². The summed E-state index contributed by atoms with van der Waals surface area (Å²) in [7, 11) is 3.51. The van der Waals surface area contributed by atoms with Gasteiger partial charge >= 0.3 is 6.09 Å². The average Bonchev–Trinajstić information content (AvgIpc) is 3.41. The fourth-order valence-corrected chi connectivity index (χ4v) is 8.70. The number of nitrogens with zero attached hydrogens (tertiary/aromatic N) is 3. The number of aliphatic hydroxyl groups excluding tert-OH is 1. The van der Waals surface area contributed by atoms with Crippen LogP contribution in [-0.2, 0) is 17.7 Å². The molecule has 2 heterocycles. The molecule has 0 saturated heterocycles. The topological polar surface area (TPSA) is 164 Å². The van der Waals surface area contributed by atoms with Crippen molar-refractivity contribution in [2.75, 3.05) is 38.8 Å². The largest absolute Gasteiger partial charge is 0.508 e. The van der Waals surface area contributed by atoms with Gasteiger partial charge in [0, 0.05) is 41.7 Å². The van der Waals surface area contributed by atoms with E-state index in [1.807, 2.05) is 13.8 Å². The molecule has 4 aliphatic rings. The number of benzene rings is 1. The standard InChI is InChI=1S/C41H57FN4O9/c1-10-12-14-52-34-28-24(30(42)25-19-43-23(16-21(3)4)20-46(31(25)34)39(50)54-40(5,6)7)17-22-18-26-32(45(8)9)35-29(38(44-55-35)53-15-13-11-2)37(49)41(26,51)36(48)27(22)33(28)47/h21-23,26,32,43,48,51H,10-20H2,1-9H3/t22-,23+,26-,32-,41-/m0/s1. The van der Waals surface area contributed by atoms with E-state index in [1.165, 1.54) is 4.90 Å². The van der Waals surface area contributed by atoms with E-state index in [1.54, 1.807) is 39.8 Å². The highest BCUT2D eigenvalue weighted by molar-refractivity contribution is 6.17. The van der Waals surface area contributed by atoms with Gasteiger partial charge in [0.25, 0.3) is 5.88 Å². The highest BCUT2D eigenvalue weighted by atomic mass is 19.1. The molecule has 1 aromatic carbocycles. The van der Waals surface area contributed by atoms with Gasteiger partial charge < -0.3 is 34.3 Å². The number of hydrogen-bond donors (Lipinski definition) is 3. The Balaban J connectivity index is 1.55. The summed E-state index contributed by atoms with van der Waals surface area (Å²) in [6, 6.07) is -0.976. The smallest absolute Gasteiger partial charge is 0.414 e. The molecule has 2 aromatic rings. The lowest BCUT2D eigenvalue weighted by Crippen LogP contribution is -2.59. The Hall–Kier alpha value is -4.01. The highest BCUT2D eigenvalue weighted by Gasteiger charge is 2.64. The minimum atomic E-state index is -2.54. The molecule has 6 rings (SSSR count). The Bertz CT molecular complexity index is 1860. The maximum atomic E-state index is 17.3. The number of carbonyl (C=O) groups excluding carboxylic acids is 3. The van der Waals surface area contributed by atoms with Crippen LogP contribution in [0.2, 0.25) is 0 Å². The Morgan fingerprint density at radius 1 is 1.11 bits per heavy atom. The second-order valence-corrected chi connectivity index (χ2v) is 17.1. The predicted molar refractivity (Wildman–Crippen MR) is 202 cm³/mol. The Labute approximate surface area is 322 Å².